The van der Waals surface area contributed by atoms with Crippen molar-refractivity contribution in [2.24, 2.45) is 11.8 Å². The molecule has 220 valence electrons. The lowest BCUT2D eigenvalue weighted by atomic mass is 9.70. The van der Waals surface area contributed by atoms with Gasteiger partial charge in [0.1, 0.15) is 6.17 Å². The molecular formula is C27H32FN5O7S. The van der Waals surface area contributed by atoms with Crippen molar-refractivity contribution in [2.75, 3.05) is 36.8 Å². The molecule has 12 nitrogen and oxygen atoms in total. The molecule has 5 aliphatic rings. The van der Waals surface area contributed by atoms with E-state index in [0.717, 1.165) is 11.8 Å². The summed E-state index contributed by atoms with van der Waals surface area (Å²) in [5, 5.41) is 18.1. The molecule has 4 fully saturated rings. The number of ketones is 1. The number of carboxylic acids is 2. The van der Waals surface area contributed by atoms with Gasteiger partial charge in [0.05, 0.1) is 46.8 Å². The highest BCUT2D eigenvalue weighted by Crippen LogP contribution is 2.49. The first-order valence-electron chi connectivity index (χ1n) is 13.9. The fourth-order valence-electron chi connectivity index (χ4n) is 7.05. The summed E-state index contributed by atoms with van der Waals surface area (Å²) in [6.07, 6.45) is 3.06. The van der Waals surface area contributed by atoms with Crippen molar-refractivity contribution < 1.29 is 38.5 Å². The van der Waals surface area contributed by atoms with Crippen LogP contribution >= 0.6 is 11.8 Å². The van der Waals surface area contributed by atoms with Gasteiger partial charge in [-0.15, -0.1) is 11.8 Å². The van der Waals surface area contributed by atoms with Gasteiger partial charge in [-0.05, 0) is 31.7 Å². The third-order valence-electron chi connectivity index (χ3n) is 8.99. The van der Waals surface area contributed by atoms with E-state index >= 15 is 4.39 Å². The Bertz CT molecular complexity index is 1250. The molecule has 1 aromatic rings. The summed E-state index contributed by atoms with van der Waals surface area (Å²) in [6, 6.07) is 0.915. The summed E-state index contributed by atoms with van der Waals surface area (Å²) >= 11 is 0.949. The van der Waals surface area contributed by atoms with E-state index in [4.69, 9.17) is 4.74 Å². The molecule has 8 unspecified atom stereocenters. The average Bonchev–Trinajstić information content (AvgIpc) is 2.97. The van der Waals surface area contributed by atoms with Crippen LogP contribution in [0.15, 0.2) is 30.2 Å². The van der Waals surface area contributed by atoms with Crippen LogP contribution in [-0.2, 0) is 23.9 Å². The first kappa shape index (κ1) is 27.9. The highest BCUT2D eigenvalue weighted by molar-refractivity contribution is 8.00. The SMILES string of the molecule is O=C(O)CSC1C(F)CC2C(=O)C(C(=O)N3CCN(c4ncccn4)CC3)=CN3C4CCC(C(=O)O)CC4OC1C23. The standard InChI is InChI=1S/C27H32FN5O7S/c28-17-11-15-21-23(24(17)41-13-20(34)35)40-19-10-14(26(38)39)2-3-18(19)33(21)12-16(22(15)36)25(37)31-6-8-32(9-7-31)27-29-4-1-5-30-27/h1,4-5,12,14-15,17-19,21,23-24H,2-3,6-11,13H2,(H,34,35)(H,38,39). The number of aromatic nitrogens is 2. The second-order valence-electron chi connectivity index (χ2n) is 11.3. The summed E-state index contributed by atoms with van der Waals surface area (Å²) in [6.45, 7) is 1.74. The van der Waals surface area contributed by atoms with Gasteiger partial charge in [-0.3, -0.25) is 19.2 Å². The van der Waals surface area contributed by atoms with Crippen molar-refractivity contribution in [3.05, 3.63) is 30.2 Å². The van der Waals surface area contributed by atoms with Gasteiger partial charge in [0.15, 0.2) is 5.78 Å². The van der Waals surface area contributed by atoms with Crippen LogP contribution in [0.25, 0.3) is 0 Å². The highest BCUT2D eigenvalue weighted by atomic mass is 32.2. The molecule has 2 aliphatic carbocycles. The van der Waals surface area contributed by atoms with Gasteiger partial charge in [0.2, 0.25) is 5.95 Å². The van der Waals surface area contributed by atoms with Gasteiger partial charge in [0.25, 0.3) is 5.91 Å². The molecule has 2 saturated carbocycles. The molecule has 14 heteroatoms. The van der Waals surface area contributed by atoms with E-state index in [9.17, 15) is 29.4 Å². The number of hydrogen-bond acceptors (Lipinski definition) is 10. The number of alkyl halides is 1. The molecule has 6 rings (SSSR count). The number of piperazine rings is 1. The van der Waals surface area contributed by atoms with E-state index < -0.39 is 65.1 Å². The number of carbonyl (C=O) groups excluding carboxylic acids is 2. The number of halogens is 1. The second kappa shape index (κ2) is 11.2. The van der Waals surface area contributed by atoms with Crippen LogP contribution in [0.5, 0.6) is 0 Å². The van der Waals surface area contributed by atoms with Crippen LogP contribution in [0.1, 0.15) is 25.7 Å². The van der Waals surface area contributed by atoms with E-state index in [1.54, 1.807) is 29.6 Å². The van der Waals surface area contributed by atoms with E-state index in [2.05, 4.69) is 9.97 Å². The fourth-order valence-corrected chi connectivity index (χ4v) is 8.12. The minimum absolute atomic E-state index is 0.0132. The average molecular weight is 590 g/mol. The number of ether oxygens (including phenoxy) is 1. The molecule has 1 amide bonds. The van der Waals surface area contributed by atoms with Crippen LogP contribution in [0.3, 0.4) is 0 Å². The van der Waals surface area contributed by atoms with Gasteiger partial charge in [-0.2, -0.15) is 0 Å². The first-order chi connectivity index (χ1) is 19.7. The Morgan fingerprint density at radius 2 is 1.80 bits per heavy atom. The Labute approximate surface area is 239 Å². The first-order valence-corrected chi connectivity index (χ1v) is 15.0. The number of rotatable bonds is 6. The summed E-state index contributed by atoms with van der Waals surface area (Å²) in [5.74, 6) is -4.00. The Morgan fingerprint density at radius 1 is 1.07 bits per heavy atom. The number of hydrogen-bond donors (Lipinski definition) is 2. The predicted octanol–water partition coefficient (Wildman–Crippen LogP) is 0.828. The molecule has 3 aliphatic heterocycles. The van der Waals surface area contributed by atoms with Crippen molar-refractivity contribution in [3.8, 4) is 0 Å². The summed E-state index contributed by atoms with van der Waals surface area (Å²) < 4.78 is 22.0. The minimum Gasteiger partial charge on any atom is -0.481 e. The molecule has 2 saturated heterocycles. The molecular weight excluding hydrogens is 557 g/mol. The van der Waals surface area contributed by atoms with E-state index in [1.807, 2.05) is 9.80 Å². The van der Waals surface area contributed by atoms with Crippen LogP contribution in [0, 0.1) is 11.8 Å². The zero-order valence-electron chi connectivity index (χ0n) is 22.3. The number of fused-ring (bicyclic) bond motifs is 2. The number of nitrogens with zero attached hydrogens (tertiary/aromatic N) is 5. The Hall–Kier alpha value is -3.26. The van der Waals surface area contributed by atoms with Crippen LogP contribution in [0.2, 0.25) is 0 Å². The van der Waals surface area contributed by atoms with Crippen molar-refractivity contribution >= 4 is 41.3 Å². The molecule has 8 atom stereocenters. The minimum atomic E-state index is -1.52. The third-order valence-corrected chi connectivity index (χ3v) is 10.3. The van der Waals surface area contributed by atoms with Crippen LogP contribution in [0.4, 0.5) is 10.3 Å². The monoisotopic (exact) mass is 589 g/mol. The number of aliphatic carboxylic acids is 2. The molecule has 0 bridgehead atoms. The number of amides is 1. The zero-order valence-corrected chi connectivity index (χ0v) is 23.1. The van der Waals surface area contributed by atoms with Crippen molar-refractivity contribution in [3.63, 3.8) is 0 Å². The normalized spacial score (nSPS) is 34.8. The van der Waals surface area contributed by atoms with Crippen LogP contribution < -0.4 is 4.90 Å². The smallest absolute Gasteiger partial charge is 0.313 e. The van der Waals surface area contributed by atoms with Gasteiger partial charge in [0, 0.05) is 50.7 Å². The maximum absolute atomic E-state index is 15.7. The van der Waals surface area contributed by atoms with Gasteiger partial charge in [-0.1, -0.05) is 0 Å². The largest absolute Gasteiger partial charge is 0.481 e. The number of anilines is 1. The van der Waals surface area contributed by atoms with E-state index in [0.29, 0.717) is 45.0 Å². The van der Waals surface area contributed by atoms with Crippen molar-refractivity contribution in [1.29, 1.82) is 0 Å². The lowest BCUT2D eigenvalue weighted by Gasteiger charge is -2.59. The Morgan fingerprint density at radius 3 is 2.49 bits per heavy atom. The summed E-state index contributed by atoms with van der Waals surface area (Å²) in [7, 11) is 0. The molecule has 2 N–H and O–H groups in total. The molecule has 1 aromatic heterocycles. The number of carbonyl (C=O) groups is 4. The molecule has 41 heavy (non-hydrogen) atoms. The summed E-state index contributed by atoms with van der Waals surface area (Å²) in [5.41, 5.74) is 0.0132. The van der Waals surface area contributed by atoms with Crippen molar-refractivity contribution in [2.45, 2.75) is 61.4 Å². The maximum Gasteiger partial charge on any atom is 0.313 e. The number of thioether (sulfide) groups is 1. The van der Waals surface area contributed by atoms with Gasteiger partial charge >= 0.3 is 11.9 Å². The number of morpholine rings is 1. The van der Waals surface area contributed by atoms with E-state index in [-0.39, 0.29) is 30.2 Å². The lowest BCUT2D eigenvalue weighted by Crippen LogP contribution is -2.70. The molecule has 0 radical (unpaired) electrons. The van der Waals surface area contributed by atoms with Gasteiger partial charge < -0.3 is 29.6 Å². The number of carboxylic acid groups (broad SMARTS) is 2. The predicted molar refractivity (Wildman–Crippen MR) is 144 cm³/mol. The lowest BCUT2D eigenvalue weighted by molar-refractivity contribution is -0.192. The fraction of sp³-hybridized carbons (Fsp3) is 0.630. The quantitative estimate of drug-likeness (QED) is 0.452. The topological polar surface area (TPSA) is 153 Å². The third kappa shape index (κ3) is 5.16. The van der Waals surface area contributed by atoms with Crippen molar-refractivity contribution in [1.82, 2.24) is 19.8 Å². The van der Waals surface area contributed by atoms with E-state index in [1.165, 1.54) is 0 Å². The maximum atomic E-state index is 15.7. The Kier molecular flexibility index (Phi) is 7.62. The molecule has 4 heterocycles. The number of Topliss-reactive ketones (excluding diaryl/α,β-unsaturated/α-hetero) is 1. The second-order valence-corrected chi connectivity index (χ2v) is 12.4. The van der Waals surface area contributed by atoms with Gasteiger partial charge in [-0.25, -0.2) is 14.4 Å². The molecule has 0 spiro atoms. The summed E-state index contributed by atoms with van der Waals surface area (Å²) in [4.78, 5) is 64.7. The van der Waals surface area contributed by atoms with Crippen LogP contribution in [-0.4, -0.2) is 121 Å². The molecule has 0 aromatic carbocycles. The zero-order chi connectivity index (χ0) is 28.8. The highest BCUT2D eigenvalue weighted by Gasteiger charge is 2.59. The Balaban J connectivity index is 1.27.